The molecule has 2 atom stereocenters. The van der Waals surface area contributed by atoms with Gasteiger partial charge < -0.3 is 14.8 Å². The lowest BCUT2D eigenvalue weighted by Crippen LogP contribution is -2.34. The minimum absolute atomic E-state index is 0.183. The number of nitrogens with one attached hydrogen (secondary N) is 1. The number of amides is 1. The minimum Gasteiger partial charge on any atom is -0.451 e. The van der Waals surface area contributed by atoms with Crippen LogP contribution in [0.1, 0.15) is 25.3 Å². The second-order valence-electron chi connectivity index (χ2n) is 5.15. The fraction of sp³-hybridized carbons (Fsp3) is 0.467. The number of anilines is 1. The van der Waals surface area contributed by atoms with Crippen LogP contribution in [0.4, 0.5) is 18.9 Å². The Bertz CT molecular complexity index is 565. The van der Waals surface area contributed by atoms with Crippen LogP contribution in [-0.4, -0.2) is 30.7 Å². The van der Waals surface area contributed by atoms with Crippen LogP contribution in [0, 0.1) is 0 Å². The summed E-state index contributed by atoms with van der Waals surface area (Å²) in [5.74, 6) is -1.24. The second kappa shape index (κ2) is 6.99. The molecule has 0 aliphatic carbocycles. The minimum atomic E-state index is -4.44. The van der Waals surface area contributed by atoms with Crippen LogP contribution >= 0.6 is 0 Å². The molecule has 8 heteroatoms. The largest absolute Gasteiger partial charge is 0.451 e. The number of hydrogen-bond donors (Lipinski definition) is 1. The molecular weight excluding hydrogens is 315 g/mol. The van der Waals surface area contributed by atoms with Gasteiger partial charge in [-0.3, -0.25) is 4.79 Å². The summed E-state index contributed by atoms with van der Waals surface area (Å²) >= 11 is 0. The van der Waals surface area contributed by atoms with E-state index < -0.39 is 35.8 Å². The van der Waals surface area contributed by atoms with Crippen LogP contribution in [0.25, 0.3) is 0 Å². The van der Waals surface area contributed by atoms with Gasteiger partial charge in [0.2, 0.25) is 0 Å². The van der Waals surface area contributed by atoms with E-state index in [-0.39, 0.29) is 5.69 Å². The predicted octanol–water partition coefficient (Wildman–Crippen LogP) is 2.75. The molecule has 5 nitrogen and oxygen atoms in total. The van der Waals surface area contributed by atoms with E-state index in [1.165, 1.54) is 6.92 Å². The first-order chi connectivity index (χ1) is 10.8. The Morgan fingerprint density at radius 3 is 2.48 bits per heavy atom. The first-order valence-electron chi connectivity index (χ1n) is 7.07. The smallest absolute Gasteiger partial charge is 0.416 e. The summed E-state index contributed by atoms with van der Waals surface area (Å²) in [4.78, 5) is 23.6. The second-order valence-corrected chi connectivity index (χ2v) is 5.15. The van der Waals surface area contributed by atoms with E-state index in [0.29, 0.717) is 13.0 Å². The molecule has 0 radical (unpaired) electrons. The highest BCUT2D eigenvalue weighted by atomic mass is 19.4. The Kier molecular flexibility index (Phi) is 5.25. The van der Waals surface area contributed by atoms with Gasteiger partial charge in [0.15, 0.2) is 12.2 Å². The van der Waals surface area contributed by atoms with Crippen LogP contribution in [0.3, 0.4) is 0 Å². The van der Waals surface area contributed by atoms with E-state index >= 15 is 0 Å². The van der Waals surface area contributed by atoms with E-state index in [0.717, 1.165) is 30.7 Å². The molecule has 1 aliphatic rings. The lowest BCUT2D eigenvalue weighted by Gasteiger charge is -2.16. The molecule has 1 saturated heterocycles. The Balaban J connectivity index is 1.89. The first kappa shape index (κ1) is 17.3. The van der Waals surface area contributed by atoms with Gasteiger partial charge in [-0.25, -0.2) is 4.79 Å². The molecule has 23 heavy (non-hydrogen) atoms. The van der Waals surface area contributed by atoms with E-state index in [9.17, 15) is 22.8 Å². The van der Waals surface area contributed by atoms with Crippen LogP contribution in [-0.2, 0) is 25.2 Å². The summed E-state index contributed by atoms with van der Waals surface area (Å²) in [5.41, 5.74) is -0.628. The molecule has 0 unspecified atom stereocenters. The molecule has 1 amide bonds. The van der Waals surface area contributed by atoms with Crippen molar-refractivity contribution < 1.29 is 32.2 Å². The Morgan fingerprint density at radius 1 is 1.30 bits per heavy atom. The monoisotopic (exact) mass is 331 g/mol. The summed E-state index contributed by atoms with van der Waals surface area (Å²) in [6, 6.07) is 3.99. The average Bonchev–Trinajstić information content (AvgIpc) is 3.01. The molecule has 1 heterocycles. The van der Waals surface area contributed by atoms with Gasteiger partial charge in [0.05, 0.1) is 5.56 Å². The van der Waals surface area contributed by atoms with Crippen molar-refractivity contribution in [3.8, 4) is 0 Å². The molecule has 2 rings (SSSR count). The topological polar surface area (TPSA) is 64.6 Å². The van der Waals surface area contributed by atoms with Gasteiger partial charge in [-0.1, -0.05) is 0 Å². The Morgan fingerprint density at radius 2 is 1.96 bits per heavy atom. The van der Waals surface area contributed by atoms with Crippen molar-refractivity contribution in [3.05, 3.63) is 29.8 Å². The number of esters is 1. The Labute approximate surface area is 130 Å². The zero-order chi connectivity index (χ0) is 17.0. The van der Waals surface area contributed by atoms with Crippen molar-refractivity contribution in [2.45, 2.75) is 38.1 Å². The third kappa shape index (κ3) is 4.69. The van der Waals surface area contributed by atoms with E-state index in [2.05, 4.69) is 5.32 Å². The number of carbonyl (C=O) groups is 2. The highest BCUT2D eigenvalue weighted by Crippen LogP contribution is 2.29. The van der Waals surface area contributed by atoms with Crippen molar-refractivity contribution >= 4 is 17.6 Å². The normalized spacial score (nSPS) is 19.2. The number of alkyl halides is 3. The molecule has 1 N–H and O–H groups in total. The van der Waals surface area contributed by atoms with Crippen molar-refractivity contribution in [3.63, 3.8) is 0 Å². The third-order valence-electron chi connectivity index (χ3n) is 3.33. The number of carbonyl (C=O) groups excluding carboxylic acids is 2. The number of rotatable bonds is 4. The van der Waals surface area contributed by atoms with Gasteiger partial charge in [0, 0.05) is 12.3 Å². The summed E-state index contributed by atoms with van der Waals surface area (Å²) in [6.45, 7) is 1.86. The predicted molar refractivity (Wildman–Crippen MR) is 74.6 cm³/mol. The van der Waals surface area contributed by atoms with Crippen molar-refractivity contribution in [2.24, 2.45) is 0 Å². The lowest BCUT2D eigenvalue weighted by atomic mass is 10.2. The number of hydrogen-bond acceptors (Lipinski definition) is 4. The van der Waals surface area contributed by atoms with Gasteiger partial charge in [0.25, 0.3) is 5.91 Å². The molecule has 1 aliphatic heterocycles. The molecule has 0 saturated carbocycles. The average molecular weight is 331 g/mol. The quantitative estimate of drug-likeness (QED) is 0.862. The molecule has 0 aromatic heterocycles. The fourth-order valence-electron chi connectivity index (χ4n) is 2.05. The SMILES string of the molecule is C[C@H](OC(=O)[C@H]1CCCO1)C(=O)Nc1ccc(C(F)(F)F)cc1. The highest BCUT2D eigenvalue weighted by molar-refractivity contribution is 5.95. The maximum Gasteiger partial charge on any atom is 0.416 e. The molecule has 126 valence electrons. The van der Waals surface area contributed by atoms with Gasteiger partial charge in [-0.05, 0) is 44.0 Å². The number of halogens is 3. The van der Waals surface area contributed by atoms with Crippen LogP contribution in [0.2, 0.25) is 0 Å². The zero-order valence-electron chi connectivity index (χ0n) is 12.4. The number of benzene rings is 1. The van der Waals surface area contributed by atoms with Crippen LogP contribution in [0.5, 0.6) is 0 Å². The summed E-state index contributed by atoms with van der Waals surface area (Å²) < 4.78 is 47.5. The van der Waals surface area contributed by atoms with E-state index in [1.807, 2.05) is 0 Å². The van der Waals surface area contributed by atoms with Gasteiger partial charge in [-0.15, -0.1) is 0 Å². The standard InChI is InChI=1S/C15H16F3NO4/c1-9(23-14(21)12-3-2-8-22-12)13(20)19-11-6-4-10(5-7-11)15(16,17)18/h4-7,9,12H,2-3,8H2,1H3,(H,19,20)/t9-,12+/m0/s1. The van der Waals surface area contributed by atoms with Gasteiger partial charge in [0.1, 0.15) is 0 Å². The van der Waals surface area contributed by atoms with Crippen LogP contribution in [0.15, 0.2) is 24.3 Å². The van der Waals surface area contributed by atoms with Gasteiger partial charge in [-0.2, -0.15) is 13.2 Å². The molecule has 1 fully saturated rings. The lowest BCUT2D eigenvalue weighted by molar-refractivity contribution is -0.162. The summed E-state index contributed by atoms with van der Waals surface area (Å²) in [7, 11) is 0. The summed E-state index contributed by atoms with van der Waals surface area (Å²) in [5, 5.41) is 2.39. The zero-order valence-corrected chi connectivity index (χ0v) is 12.4. The van der Waals surface area contributed by atoms with Crippen molar-refractivity contribution in [2.75, 3.05) is 11.9 Å². The van der Waals surface area contributed by atoms with E-state index in [1.54, 1.807) is 0 Å². The van der Waals surface area contributed by atoms with E-state index in [4.69, 9.17) is 9.47 Å². The Hall–Kier alpha value is -2.09. The molecule has 1 aromatic carbocycles. The molecule has 0 spiro atoms. The summed E-state index contributed by atoms with van der Waals surface area (Å²) in [6.07, 6.45) is -4.87. The van der Waals surface area contributed by atoms with Crippen molar-refractivity contribution in [1.29, 1.82) is 0 Å². The van der Waals surface area contributed by atoms with Gasteiger partial charge >= 0.3 is 12.1 Å². The maximum atomic E-state index is 12.4. The molecular formula is C15H16F3NO4. The molecule has 1 aromatic rings. The van der Waals surface area contributed by atoms with Crippen LogP contribution < -0.4 is 5.32 Å². The maximum absolute atomic E-state index is 12.4. The van der Waals surface area contributed by atoms with Crippen molar-refractivity contribution in [1.82, 2.24) is 0 Å². The number of ether oxygens (including phenoxy) is 2. The third-order valence-corrected chi connectivity index (χ3v) is 3.33. The fourth-order valence-corrected chi connectivity index (χ4v) is 2.05. The first-order valence-corrected chi connectivity index (χ1v) is 7.07. The molecule has 0 bridgehead atoms. The highest BCUT2D eigenvalue weighted by Gasteiger charge is 2.30.